The fraction of sp³-hybridized carbons (Fsp3) is 0.353. The summed E-state index contributed by atoms with van der Waals surface area (Å²) in [6, 6.07) is 8.86. The van der Waals surface area contributed by atoms with E-state index in [1.807, 2.05) is 0 Å². The van der Waals surface area contributed by atoms with Crippen molar-refractivity contribution in [2.45, 2.75) is 17.7 Å². The molecule has 1 saturated heterocycles. The highest BCUT2D eigenvalue weighted by Gasteiger charge is 2.50. The number of hydrogen-bond acceptors (Lipinski definition) is 7. The van der Waals surface area contributed by atoms with E-state index in [2.05, 4.69) is 15.0 Å². The fourth-order valence-electron chi connectivity index (χ4n) is 3.38. The molecule has 11 heteroatoms. The number of halogens is 1. The Labute approximate surface area is 163 Å². The quantitative estimate of drug-likeness (QED) is 0.406. The molecule has 2 aromatic rings. The van der Waals surface area contributed by atoms with E-state index in [1.54, 1.807) is 35.2 Å². The van der Waals surface area contributed by atoms with Crippen LogP contribution in [0, 0.1) is 12.7 Å². The average Bonchev–Trinajstić information content (AvgIpc) is 3.04. The van der Waals surface area contributed by atoms with E-state index in [0.717, 1.165) is 0 Å². The summed E-state index contributed by atoms with van der Waals surface area (Å²) in [6.45, 7) is 1.58. The Morgan fingerprint density at radius 3 is 2.64 bits per heavy atom. The van der Waals surface area contributed by atoms with Crippen LogP contribution in [-0.2, 0) is 16.6 Å². The Hall–Kier alpha value is -2.79. The highest BCUT2D eigenvalue weighted by Crippen LogP contribution is 2.40. The molecule has 28 heavy (non-hydrogen) atoms. The second-order valence-corrected chi connectivity index (χ2v) is 7.48. The molecule has 1 aliphatic heterocycles. The van der Waals surface area contributed by atoms with Crippen molar-refractivity contribution in [1.82, 2.24) is 9.97 Å². The molecule has 1 aromatic heterocycles. The lowest BCUT2D eigenvalue weighted by molar-refractivity contribution is 0.365. The van der Waals surface area contributed by atoms with Gasteiger partial charge < -0.3 is 25.7 Å². The summed E-state index contributed by atoms with van der Waals surface area (Å²) in [5.41, 5.74) is 10.7. The number of nitrogens with zero attached hydrogens (tertiary/aromatic N) is 4. The van der Waals surface area contributed by atoms with Crippen molar-refractivity contribution in [3.8, 4) is 5.88 Å². The summed E-state index contributed by atoms with van der Waals surface area (Å²) >= 11 is -2.51. The molecule has 150 valence electrons. The number of aromatic nitrogens is 2. The molecule has 3 unspecified atom stereocenters. The number of aliphatic imine (C=N–C) groups is 1. The molecule has 1 aromatic carbocycles. The van der Waals surface area contributed by atoms with Gasteiger partial charge >= 0.3 is 0 Å². The highest BCUT2D eigenvalue weighted by atomic mass is 32.2. The first kappa shape index (κ1) is 20.0. The summed E-state index contributed by atoms with van der Waals surface area (Å²) in [5.74, 6) is -1.00. The Morgan fingerprint density at radius 2 is 2.07 bits per heavy atom. The first-order valence-corrected chi connectivity index (χ1v) is 9.49. The van der Waals surface area contributed by atoms with Crippen LogP contribution in [0.4, 0.5) is 10.3 Å². The third-order valence-electron chi connectivity index (χ3n) is 4.64. The second-order valence-electron chi connectivity index (χ2n) is 6.39. The normalized spacial score (nSPS) is 22.7. The second kappa shape index (κ2) is 7.68. The fourth-order valence-corrected chi connectivity index (χ4v) is 4.27. The molecule has 3 atom stereocenters. The molecule has 0 amide bonds. The summed E-state index contributed by atoms with van der Waals surface area (Å²) in [4.78, 5) is 14.1. The lowest BCUT2D eigenvalue weighted by atomic mass is 9.89. The summed E-state index contributed by atoms with van der Waals surface area (Å²) in [7, 11) is 1.29. The van der Waals surface area contributed by atoms with Crippen molar-refractivity contribution in [2.24, 2.45) is 16.5 Å². The van der Waals surface area contributed by atoms with Crippen LogP contribution in [0.2, 0.25) is 0 Å². The third kappa shape index (κ3) is 3.50. The van der Waals surface area contributed by atoms with Crippen LogP contribution >= 0.6 is 0 Å². The van der Waals surface area contributed by atoms with Gasteiger partial charge in [0.1, 0.15) is 5.54 Å². The Kier molecular flexibility index (Phi) is 5.47. The molecule has 0 bridgehead atoms. The molecule has 1 fully saturated rings. The van der Waals surface area contributed by atoms with Crippen LogP contribution in [0.1, 0.15) is 11.3 Å². The van der Waals surface area contributed by atoms with Crippen LogP contribution in [0.15, 0.2) is 35.3 Å². The minimum atomic E-state index is -2.51. The number of hydrogen-bond donors (Lipinski definition) is 2. The van der Waals surface area contributed by atoms with Crippen LogP contribution < -0.4 is 21.1 Å². The van der Waals surface area contributed by atoms with E-state index < -0.39 is 27.7 Å². The predicted octanol–water partition coefficient (Wildman–Crippen LogP) is 0.169. The van der Waals surface area contributed by atoms with Gasteiger partial charge in [-0.3, -0.25) is 4.21 Å². The number of rotatable bonds is 5. The summed E-state index contributed by atoms with van der Waals surface area (Å²) in [6.07, 6.45) is 0. The van der Waals surface area contributed by atoms with Gasteiger partial charge in [0.25, 0.3) is 5.88 Å². The molecule has 9 nitrogen and oxygen atoms in total. The smallest absolute Gasteiger partial charge is 0.255 e. The largest absolute Gasteiger partial charge is 0.772 e. The van der Waals surface area contributed by atoms with Crippen molar-refractivity contribution >= 4 is 23.0 Å². The SMILES string of the molecule is COc1nc(N2CC(S(=O)[O-])C(N=C(N)N)(c3ccccc3)C2)nc(C)c1F. The number of aryl methyl sites for hydroxylation is 1. The van der Waals surface area contributed by atoms with Crippen molar-refractivity contribution in [1.29, 1.82) is 0 Å². The Morgan fingerprint density at radius 1 is 1.39 bits per heavy atom. The van der Waals surface area contributed by atoms with Crippen LogP contribution in [-0.4, -0.2) is 50.1 Å². The Bertz CT molecular complexity index is 925. The van der Waals surface area contributed by atoms with Gasteiger partial charge in [-0.25, -0.2) is 9.98 Å². The zero-order valence-electron chi connectivity index (χ0n) is 15.3. The maximum absolute atomic E-state index is 14.0. The van der Waals surface area contributed by atoms with Gasteiger partial charge in [-0.15, -0.1) is 0 Å². The van der Waals surface area contributed by atoms with Gasteiger partial charge in [0.05, 0.1) is 24.6 Å². The monoisotopic (exact) mass is 407 g/mol. The van der Waals surface area contributed by atoms with Gasteiger partial charge in [0.15, 0.2) is 5.96 Å². The molecule has 3 rings (SSSR count). The van der Waals surface area contributed by atoms with Crippen molar-refractivity contribution in [2.75, 3.05) is 25.1 Å². The molecule has 0 spiro atoms. The van der Waals surface area contributed by atoms with Gasteiger partial charge in [0, 0.05) is 6.54 Å². The van der Waals surface area contributed by atoms with E-state index >= 15 is 0 Å². The number of benzene rings is 1. The first-order valence-electron chi connectivity index (χ1n) is 8.36. The maximum atomic E-state index is 14.0. The Balaban J connectivity index is 2.13. The van der Waals surface area contributed by atoms with Crippen molar-refractivity contribution < 1.29 is 17.9 Å². The van der Waals surface area contributed by atoms with Crippen molar-refractivity contribution in [3.05, 3.63) is 47.4 Å². The predicted molar refractivity (Wildman–Crippen MR) is 102 cm³/mol. The minimum Gasteiger partial charge on any atom is -0.772 e. The van der Waals surface area contributed by atoms with E-state index in [-0.39, 0.29) is 36.6 Å². The number of guanidine groups is 1. The van der Waals surface area contributed by atoms with Gasteiger partial charge in [0.2, 0.25) is 11.8 Å². The molecule has 2 heterocycles. The molecule has 0 saturated carbocycles. The summed E-state index contributed by atoms with van der Waals surface area (Å²) in [5, 5.41) is -0.975. The van der Waals surface area contributed by atoms with Gasteiger partial charge in [-0.1, -0.05) is 30.3 Å². The minimum absolute atomic E-state index is 0.0238. The number of methoxy groups -OCH3 is 1. The molecule has 0 aliphatic carbocycles. The van der Waals surface area contributed by atoms with E-state index in [9.17, 15) is 13.2 Å². The molecule has 4 N–H and O–H groups in total. The number of ether oxygens (including phenoxy) is 1. The van der Waals surface area contributed by atoms with Gasteiger partial charge in [-0.2, -0.15) is 9.37 Å². The van der Waals surface area contributed by atoms with Crippen LogP contribution in [0.3, 0.4) is 0 Å². The highest BCUT2D eigenvalue weighted by molar-refractivity contribution is 7.80. The number of nitrogens with two attached hydrogens (primary N) is 2. The number of anilines is 1. The first-order chi connectivity index (χ1) is 13.3. The van der Waals surface area contributed by atoms with Crippen molar-refractivity contribution in [3.63, 3.8) is 0 Å². The third-order valence-corrected chi connectivity index (χ3v) is 5.64. The van der Waals surface area contributed by atoms with E-state index in [4.69, 9.17) is 16.2 Å². The van der Waals surface area contributed by atoms with Crippen LogP contribution in [0.25, 0.3) is 0 Å². The van der Waals surface area contributed by atoms with Crippen LogP contribution in [0.5, 0.6) is 5.88 Å². The van der Waals surface area contributed by atoms with Gasteiger partial charge in [-0.05, 0) is 23.6 Å². The van der Waals surface area contributed by atoms with E-state index in [0.29, 0.717) is 5.56 Å². The molecule has 0 radical (unpaired) electrons. The molecular formula is C17H20FN6O3S-. The lowest BCUT2D eigenvalue weighted by Crippen LogP contribution is -2.43. The zero-order valence-corrected chi connectivity index (χ0v) is 16.1. The zero-order chi connectivity index (χ0) is 20.5. The molecule has 1 aliphatic rings. The molecular weight excluding hydrogens is 387 g/mol. The standard InChI is InChI=1S/C17H21FN6O3S/c1-10-13(18)14(27-2)22-16(21-10)24-8-12(28(25)26)17(9-24,23-15(19)20)11-6-4-3-5-7-11/h3-7,12H,8-9H2,1-2H3,(H,25,26)(H4,19,20,23)/p-1. The maximum Gasteiger partial charge on any atom is 0.255 e. The lowest BCUT2D eigenvalue weighted by Gasteiger charge is -2.32. The summed E-state index contributed by atoms with van der Waals surface area (Å²) < 4.78 is 43.2. The van der Waals surface area contributed by atoms with E-state index in [1.165, 1.54) is 14.0 Å². The average molecular weight is 407 g/mol. The topological polar surface area (TPSA) is 143 Å².